The van der Waals surface area contributed by atoms with Crippen LogP contribution >= 0.6 is 0 Å². The third-order valence-electron chi connectivity index (χ3n) is 4.01. The summed E-state index contributed by atoms with van der Waals surface area (Å²) in [6, 6.07) is 6.42. The summed E-state index contributed by atoms with van der Waals surface area (Å²) in [7, 11) is 1.52. The van der Waals surface area contributed by atoms with Crippen molar-refractivity contribution < 1.29 is 19.0 Å². The number of carbonyl (C=O) groups is 1. The number of ether oxygens (including phenoxy) is 1. The molecule has 1 fully saturated rings. The van der Waals surface area contributed by atoms with Gasteiger partial charge in [0.05, 0.1) is 12.7 Å². The van der Waals surface area contributed by atoms with Crippen LogP contribution in [0.1, 0.15) is 24.8 Å². The average Bonchev–Trinajstić information content (AvgIpc) is 3.27. The number of aliphatic hydroxyl groups is 1. The van der Waals surface area contributed by atoms with Crippen LogP contribution in [0, 0.1) is 5.82 Å². The zero-order chi connectivity index (χ0) is 16.0. The van der Waals surface area contributed by atoms with E-state index in [9.17, 15) is 14.3 Å². The lowest BCUT2D eigenvalue weighted by atomic mass is 9.95. The van der Waals surface area contributed by atoms with Gasteiger partial charge in [0.1, 0.15) is 5.82 Å². The van der Waals surface area contributed by atoms with Crippen LogP contribution in [-0.4, -0.2) is 44.0 Å². The van der Waals surface area contributed by atoms with Gasteiger partial charge in [-0.25, -0.2) is 9.18 Å². The molecule has 5 nitrogen and oxygen atoms in total. The van der Waals surface area contributed by atoms with Crippen LogP contribution < -0.4 is 10.6 Å². The fourth-order valence-electron chi connectivity index (χ4n) is 2.52. The molecule has 1 aliphatic carbocycles. The Hall–Kier alpha value is -1.66. The number of aliphatic hydroxyl groups excluding tert-OH is 1. The van der Waals surface area contributed by atoms with Crippen LogP contribution in [0.3, 0.4) is 0 Å². The molecular weight excluding hydrogens is 287 g/mol. The minimum atomic E-state index is -0.585. The molecule has 6 heteroatoms. The highest BCUT2D eigenvalue weighted by Crippen LogP contribution is 2.48. The number of hydrogen-bond acceptors (Lipinski definition) is 3. The van der Waals surface area contributed by atoms with Crippen LogP contribution in [-0.2, 0) is 10.2 Å². The monoisotopic (exact) mass is 310 g/mol. The van der Waals surface area contributed by atoms with Gasteiger partial charge in [-0.3, -0.25) is 0 Å². The number of carbonyl (C=O) groups excluding carboxylic acids is 1. The molecule has 0 heterocycles. The fraction of sp³-hybridized carbons (Fsp3) is 0.562. The number of amides is 2. The summed E-state index contributed by atoms with van der Waals surface area (Å²) in [6.45, 7) is 1.03. The number of benzene rings is 1. The van der Waals surface area contributed by atoms with Gasteiger partial charge in [-0.1, -0.05) is 18.2 Å². The van der Waals surface area contributed by atoms with Gasteiger partial charge in [-0.2, -0.15) is 0 Å². The van der Waals surface area contributed by atoms with Gasteiger partial charge in [0.15, 0.2) is 0 Å². The fourth-order valence-corrected chi connectivity index (χ4v) is 2.52. The van der Waals surface area contributed by atoms with Gasteiger partial charge in [0, 0.05) is 25.6 Å². The number of hydrogen-bond donors (Lipinski definition) is 3. The molecule has 22 heavy (non-hydrogen) atoms. The predicted octanol–water partition coefficient (Wildman–Crippen LogP) is 1.55. The van der Waals surface area contributed by atoms with Crippen molar-refractivity contribution in [3.63, 3.8) is 0 Å². The second kappa shape index (κ2) is 7.56. The molecule has 2 amide bonds. The molecular formula is C16H23FN2O3. The third kappa shape index (κ3) is 4.42. The quantitative estimate of drug-likeness (QED) is 0.682. The molecule has 0 spiro atoms. The molecule has 0 saturated heterocycles. The van der Waals surface area contributed by atoms with E-state index in [0.29, 0.717) is 25.1 Å². The first-order valence-electron chi connectivity index (χ1n) is 7.51. The highest BCUT2D eigenvalue weighted by Gasteiger charge is 2.45. The van der Waals surface area contributed by atoms with Crippen molar-refractivity contribution >= 4 is 6.03 Å². The lowest BCUT2D eigenvalue weighted by Crippen LogP contribution is -2.41. The Morgan fingerprint density at radius 3 is 2.77 bits per heavy atom. The first kappa shape index (κ1) is 16.7. The van der Waals surface area contributed by atoms with E-state index >= 15 is 0 Å². The van der Waals surface area contributed by atoms with E-state index in [2.05, 4.69) is 10.6 Å². The van der Waals surface area contributed by atoms with Crippen molar-refractivity contribution in [3.8, 4) is 0 Å². The maximum Gasteiger partial charge on any atom is 0.314 e. The zero-order valence-corrected chi connectivity index (χ0v) is 12.8. The summed E-state index contributed by atoms with van der Waals surface area (Å²) in [5.74, 6) is -0.218. The molecule has 2 rings (SSSR count). The largest absolute Gasteiger partial charge is 0.391 e. The number of nitrogens with one attached hydrogen (secondary N) is 2. The maximum absolute atomic E-state index is 13.8. The summed E-state index contributed by atoms with van der Waals surface area (Å²) in [6.07, 6.45) is 1.60. The van der Waals surface area contributed by atoms with E-state index in [1.165, 1.54) is 13.2 Å². The summed E-state index contributed by atoms with van der Waals surface area (Å²) in [5.41, 5.74) is 0.406. The van der Waals surface area contributed by atoms with E-state index in [0.717, 1.165) is 12.8 Å². The standard InChI is InChI=1S/C16H23FN2O3/c1-22-10-12(20)6-9-18-15(21)19-11-16(7-8-16)13-4-2-3-5-14(13)17/h2-5,12,20H,6-11H2,1H3,(H2,18,19,21). The molecule has 1 atom stereocenters. The van der Waals surface area contributed by atoms with Crippen molar-refractivity contribution in [2.45, 2.75) is 30.8 Å². The Morgan fingerprint density at radius 1 is 1.41 bits per heavy atom. The molecule has 0 aromatic heterocycles. The SMILES string of the molecule is COCC(O)CCNC(=O)NCC1(c2ccccc2F)CC1. The zero-order valence-electron chi connectivity index (χ0n) is 12.8. The van der Waals surface area contributed by atoms with Gasteiger partial charge in [0.25, 0.3) is 0 Å². The second-order valence-corrected chi connectivity index (χ2v) is 5.77. The van der Waals surface area contributed by atoms with E-state index in [1.54, 1.807) is 12.1 Å². The lowest BCUT2D eigenvalue weighted by molar-refractivity contribution is 0.0598. The molecule has 3 N–H and O–H groups in total. The minimum Gasteiger partial charge on any atom is -0.391 e. The van der Waals surface area contributed by atoms with E-state index in [-0.39, 0.29) is 23.9 Å². The second-order valence-electron chi connectivity index (χ2n) is 5.77. The van der Waals surface area contributed by atoms with Crippen LogP contribution in [0.4, 0.5) is 9.18 Å². The predicted molar refractivity (Wildman–Crippen MR) is 81.2 cm³/mol. The molecule has 1 unspecified atom stereocenters. The van der Waals surface area contributed by atoms with Crippen LogP contribution in [0.25, 0.3) is 0 Å². The molecule has 0 radical (unpaired) electrons. The molecule has 1 aromatic carbocycles. The highest BCUT2D eigenvalue weighted by molar-refractivity contribution is 5.74. The van der Waals surface area contributed by atoms with Crippen molar-refractivity contribution in [1.82, 2.24) is 10.6 Å². The smallest absolute Gasteiger partial charge is 0.314 e. The van der Waals surface area contributed by atoms with Crippen LogP contribution in [0.15, 0.2) is 24.3 Å². The first-order chi connectivity index (χ1) is 10.6. The van der Waals surface area contributed by atoms with Gasteiger partial charge in [-0.05, 0) is 30.9 Å². The summed E-state index contributed by atoms with van der Waals surface area (Å²) >= 11 is 0. The molecule has 1 aromatic rings. The Kier molecular flexibility index (Phi) is 5.74. The third-order valence-corrected chi connectivity index (χ3v) is 4.01. The van der Waals surface area contributed by atoms with Gasteiger partial charge < -0.3 is 20.5 Å². The van der Waals surface area contributed by atoms with Crippen LogP contribution in [0.2, 0.25) is 0 Å². The highest BCUT2D eigenvalue weighted by atomic mass is 19.1. The molecule has 1 saturated carbocycles. The van der Waals surface area contributed by atoms with Crippen molar-refractivity contribution in [1.29, 1.82) is 0 Å². The number of methoxy groups -OCH3 is 1. The number of halogens is 1. The van der Waals surface area contributed by atoms with E-state index in [4.69, 9.17) is 4.74 Å². The molecule has 0 aliphatic heterocycles. The van der Waals surface area contributed by atoms with Crippen molar-refractivity contribution in [2.24, 2.45) is 0 Å². The van der Waals surface area contributed by atoms with Gasteiger partial charge in [0.2, 0.25) is 0 Å². The van der Waals surface area contributed by atoms with Crippen molar-refractivity contribution in [3.05, 3.63) is 35.6 Å². The topological polar surface area (TPSA) is 70.6 Å². The van der Waals surface area contributed by atoms with E-state index < -0.39 is 6.10 Å². The Labute approximate surface area is 129 Å². The Balaban J connectivity index is 1.74. The van der Waals surface area contributed by atoms with Crippen LogP contribution in [0.5, 0.6) is 0 Å². The van der Waals surface area contributed by atoms with Gasteiger partial charge >= 0.3 is 6.03 Å². The van der Waals surface area contributed by atoms with E-state index in [1.807, 2.05) is 6.07 Å². The summed E-state index contributed by atoms with van der Waals surface area (Å²) < 4.78 is 18.7. The van der Waals surface area contributed by atoms with Gasteiger partial charge in [-0.15, -0.1) is 0 Å². The average molecular weight is 310 g/mol. The molecule has 0 bridgehead atoms. The summed E-state index contributed by atoms with van der Waals surface area (Å²) in [4.78, 5) is 11.7. The Morgan fingerprint density at radius 2 is 2.14 bits per heavy atom. The molecule has 1 aliphatic rings. The summed E-state index contributed by atoms with van der Waals surface area (Å²) in [5, 5.41) is 14.9. The maximum atomic E-state index is 13.8. The lowest BCUT2D eigenvalue weighted by Gasteiger charge is -2.18. The molecule has 122 valence electrons. The first-order valence-corrected chi connectivity index (χ1v) is 7.51. The number of urea groups is 1. The number of rotatable bonds is 8. The minimum absolute atomic E-state index is 0.218. The normalized spacial score (nSPS) is 16.9. The van der Waals surface area contributed by atoms with Crippen molar-refractivity contribution in [2.75, 3.05) is 26.8 Å². The Bertz CT molecular complexity index is 506.